The molecule has 5 heteroatoms. The van der Waals surface area contributed by atoms with Gasteiger partial charge in [-0.15, -0.1) is 0 Å². The fourth-order valence-corrected chi connectivity index (χ4v) is 0. The Bertz CT molecular complexity index is 68.7. The van der Waals surface area contributed by atoms with Gasteiger partial charge in [-0.2, -0.15) is 0 Å². The number of hydrogen-bond acceptors (Lipinski definition) is 4. The first kappa shape index (κ1) is 16.5. The van der Waals surface area contributed by atoms with Gasteiger partial charge in [-0.05, 0) is 0 Å². The average Bonchev–Trinajstić information content (AvgIpc) is 1.39. The van der Waals surface area contributed by atoms with Crippen molar-refractivity contribution in [1.29, 1.82) is 10.5 Å². The molecule has 0 aliphatic rings. The number of nitriles is 2. The predicted octanol–water partition coefficient (Wildman–Crippen LogP) is -2.35. The normalized spacial score (nSPS) is 2.00. The molecule has 0 unspecified atom stereocenters. The minimum atomic E-state index is 0. The zero-order valence-electron chi connectivity index (χ0n) is 3.03. The molecule has 0 aromatic heterocycles. The second-order valence-electron chi connectivity index (χ2n) is 0.183. The first-order valence-corrected chi connectivity index (χ1v) is 0.855. The molecule has 0 saturated carbocycles. The molecule has 0 fully saturated rings. The Morgan fingerprint density at radius 3 is 1.00 bits per heavy atom. The second-order valence-corrected chi connectivity index (χ2v) is 0.183. The van der Waals surface area contributed by atoms with E-state index >= 15 is 0 Å². The molecule has 7 heavy (non-hydrogen) atoms. The monoisotopic (exact) mass is 142 g/mol. The maximum absolute atomic E-state index is 8.24. The van der Waals surface area contributed by atoms with Crippen LogP contribution in [-0.4, -0.2) is 0 Å². The minimum Gasteiger partial charge on any atom is -0.812 e. The molecule has 0 radical (unpaired) electrons. The van der Waals surface area contributed by atoms with Crippen LogP contribution in [0.3, 0.4) is 0 Å². The van der Waals surface area contributed by atoms with E-state index in [0.29, 0.717) is 12.5 Å². The molecule has 0 amide bonds. The maximum Gasteiger partial charge on any atom is 2.00 e. The van der Waals surface area contributed by atoms with Gasteiger partial charge >= 0.3 is 16.5 Å². The number of nitrogens with zero attached hydrogens (tertiary/aromatic N) is 2. The smallest absolute Gasteiger partial charge is 0.812 e. The summed E-state index contributed by atoms with van der Waals surface area (Å²) in [4.78, 5) is 0. The van der Waals surface area contributed by atoms with Gasteiger partial charge in [0.05, 0.1) is 0 Å². The van der Waals surface area contributed by atoms with Crippen LogP contribution in [0.2, 0.25) is 0 Å². The van der Waals surface area contributed by atoms with Gasteiger partial charge in [-0.1, -0.05) is 0 Å². The fraction of sp³-hybridized carbons (Fsp3) is 0. The Labute approximate surface area is 50.5 Å². The van der Waals surface area contributed by atoms with Gasteiger partial charge in [0, 0.05) is 12.5 Å². The van der Waals surface area contributed by atoms with Crippen molar-refractivity contribution < 1.29 is 26.7 Å². The van der Waals surface area contributed by atoms with Crippen LogP contribution in [-0.2, 0) is 16.5 Å². The fourth-order valence-electron chi connectivity index (χ4n) is 0. The standard InChI is InChI=1S/2CHNO.Ni/c2*2-1-3;/h2*3H;/q;;+2/p-2. The van der Waals surface area contributed by atoms with Crippen LogP contribution in [0.5, 0.6) is 0 Å². The van der Waals surface area contributed by atoms with Crippen molar-refractivity contribution in [2.45, 2.75) is 0 Å². The molecule has 0 aromatic carbocycles. The first-order valence-electron chi connectivity index (χ1n) is 0.855. The zero-order chi connectivity index (χ0) is 5.41. The summed E-state index contributed by atoms with van der Waals surface area (Å²) in [5.41, 5.74) is 0. The Morgan fingerprint density at radius 2 is 1.00 bits per heavy atom. The molecule has 0 spiro atoms. The Morgan fingerprint density at radius 1 is 1.00 bits per heavy atom. The van der Waals surface area contributed by atoms with Gasteiger partial charge in [0.2, 0.25) is 0 Å². The van der Waals surface area contributed by atoms with Crippen molar-refractivity contribution in [2.24, 2.45) is 0 Å². The van der Waals surface area contributed by atoms with E-state index in [9.17, 15) is 0 Å². The topological polar surface area (TPSA) is 93.7 Å². The van der Waals surface area contributed by atoms with Crippen molar-refractivity contribution in [1.82, 2.24) is 0 Å². The van der Waals surface area contributed by atoms with Crippen molar-refractivity contribution in [3.05, 3.63) is 0 Å². The van der Waals surface area contributed by atoms with E-state index in [2.05, 4.69) is 0 Å². The average molecular weight is 143 g/mol. The molecule has 40 valence electrons. The summed E-state index contributed by atoms with van der Waals surface area (Å²) in [5.74, 6) is 0. The third-order valence-electron chi connectivity index (χ3n) is 0. The summed E-state index contributed by atoms with van der Waals surface area (Å²) >= 11 is 0. The van der Waals surface area contributed by atoms with E-state index < -0.39 is 0 Å². The second kappa shape index (κ2) is 73.1. The van der Waals surface area contributed by atoms with E-state index in [1.165, 1.54) is 0 Å². The van der Waals surface area contributed by atoms with E-state index in [4.69, 9.17) is 20.7 Å². The molecule has 4 nitrogen and oxygen atoms in total. The third-order valence-corrected chi connectivity index (χ3v) is 0. The predicted molar refractivity (Wildman–Crippen MR) is 11.2 cm³/mol. The summed E-state index contributed by atoms with van der Waals surface area (Å²) in [6.07, 6.45) is 1.00. The zero-order valence-corrected chi connectivity index (χ0v) is 4.01. The SMILES string of the molecule is N#C[O-].N#C[O-].[Ni+2]. The molecule has 0 aliphatic carbocycles. The molecular formula is C2N2NiO2. The van der Waals surface area contributed by atoms with E-state index in [1.54, 1.807) is 0 Å². The van der Waals surface area contributed by atoms with Crippen molar-refractivity contribution in [3.8, 4) is 12.5 Å². The Balaban J connectivity index is -0.0000000400. The van der Waals surface area contributed by atoms with Crippen molar-refractivity contribution >= 4 is 0 Å². The van der Waals surface area contributed by atoms with Gasteiger partial charge in [0.1, 0.15) is 0 Å². The molecule has 0 bridgehead atoms. The first-order chi connectivity index (χ1) is 2.83. The Kier molecular flexibility index (Phi) is 173. The summed E-state index contributed by atoms with van der Waals surface area (Å²) in [6, 6.07) is 0. The van der Waals surface area contributed by atoms with Crippen LogP contribution < -0.4 is 10.2 Å². The van der Waals surface area contributed by atoms with E-state index in [-0.39, 0.29) is 16.5 Å². The van der Waals surface area contributed by atoms with E-state index in [1.807, 2.05) is 0 Å². The van der Waals surface area contributed by atoms with Crippen LogP contribution in [0.1, 0.15) is 0 Å². The number of rotatable bonds is 0. The summed E-state index contributed by atoms with van der Waals surface area (Å²) in [7, 11) is 0. The van der Waals surface area contributed by atoms with Gasteiger partial charge in [0.15, 0.2) is 0 Å². The molecule has 0 aliphatic heterocycles. The molecular weight excluding hydrogens is 143 g/mol. The van der Waals surface area contributed by atoms with Crippen molar-refractivity contribution in [3.63, 3.8) is 0 Å². The summed E-state index contributed by atoms with van der Waals surface area (Å²) in [5, 5.41) is 30.0. The summed E-state index contributed by atoms with van der Waals surface area (Å²) in [6.45, 7) is 0. The quantitative estimate of drug-likeness (QED) is 0.280. The Hall–Kier alpha value is -0.926. The number of hydrogen-bond donors (Lipinski definition) is 0. The molecule has 0 N–H and O–H groups in total. The van der Waals surface area contributed by atoms with Gasteiger partial charge in [0.25, 0.3) is 0 Å². The maximum atomic E-state index is 8.24. The van der Waals surface area contributed by atoms with Crippen LogP contribution in [0.4, 0.5) is 0 Å². The molecule has 0 saturated heterocycles. The molecule has 0 rings (SSSR count). The van der Waals surface area contributed by atoms with Crippen LogP contribution in [0.15, 0.2) is 0 Å². The van der Waals surface area contributed by atoms with Gasteiger partial charge in [-0.25, -0.2) is 10.5 Å². The largest absolute Gasteiger partial charge is 2.00 e. The molecule has 0 heterocycles. The van der Waals surface area contributed by atoms with Crippen LogP contribution in [0, 0.1) is 23.0 Å². The van der Waals surface area contributed by atoms with Crippen LogP contribution >= 0.6 is 0 Å². The van der Waals surface area contributed by atoms with Crippen molar-refractivity contribution in [2.75, 3.05) is 0 Å². The molecule has 0 aromatic rings. The van der Waals surface area contributed by atoms with Gasteiger partial charge in [-0.3, -0.25) is 0 Å². The van der Waals surface area contributed by atoms with Gasteiger partial charge < -0.3 is 10.2 Å². The summed E-state index contributed by atoms with van der Waals surface area (Å²) < 4.78 is 0. The van der Waals surface area contributed by atoms with E-state index in [0.717, 1.165) is 0 Å². The van der Waals surface area contributed by atoms with Crippen LogP contribution in [0.25, 0.3) is 0 Å². The third kappa shape index (κ3) is 55.8. The molecule has 0 atom stereocenters. The minimum absolute atomic E-state index is 0.